The third-order valence-electron chi connectivity index (χ3n) is 3.84. The molecule has 1 amide bonds. The minimum Gasteiger partial charge on any atom is -0.439 e. The molecule has 7 nitrogen and oxygen atoms in total. The van der Waals surface area contributed by atoms with Gasteiger partial charge < -0.3 is 15.8 Å². The highest BCUT2D eigenvalue weighted by molar-refractivity contribution is 7.90. The van der Waals surface area contributed by atoms with Crippen molar-refractivity contribution in [2.24, 2.45) is 5.73 Å². The number of nitrogens with one attached hydrogen (secondary N) is 1. The second-order valence-corrected chi connectivity index (χ2v) is 8.51. The average Bonchev–Trinajstić information content (AvgIpc) is 2.57. The van der Waals surface area contributed by atoms with Crippen molar-refractivity contribution in [2.45, 2.75) is 26.3 Å². The van der Waals surface area contributed by atoms with Crippen LogP contribution in [0.25, 0.3) is 0 Å². The Morgan fingerprint density at radius 1 is 1.22 bits per heavy atom. The number of amides is 1. The molecule has 0 aliphatic rings. The van der Waals surface area contributed by atoms with Gasteiger partial charge in [0.2, 0.25) is 11.8 Å². The quantitative estimate of drug-likeness (QED) is 0.721. The number of halogens is 1. The van der Waals surface area contributed by atoms with Crippen molar-refractivity contribution in [3.05, 3.63) is 47.7 Å². The number of anilines is 1. The van der Waals surface area contributed by atoms with Gasteiger partial charge in [0, 0.05) is 12.3 Å². The summed E-state index contributed by atoms with van der Waals surface area (Å²) in [4.78, 5) is 16.1. The van der Waals surface area contributed by atoms with Crippen LogP contribution in [0, 0.1) is 13.8 Å². The fourth-order valence-electron chi connectivity index (χ4n) is 2.12. The van der Waals surface area contributed by atoms with E-state index < -0.39 is 21.8 Å². The van der Waals surface area contributed by atoms with Crippen molar-refractivity contribution in [3.63, 3.8) is 0 Å². The first-order valence-electron chi connectivity index (χ1n) is 8.09. The highest BCUT2D eigenvalue weighted by atomic mass is 35.5. The van der Waals surface area contributed by atoms with Crippen LogP contribution >= 0.6 is 12.4 Å². The number of sulfone groups is 1. The minimum absolute atomic E-state index is 0. The van der Waals surface area contributed by atoms with E-state index in [0.717, 1.165) is 11.8 Å². The molecule has 27 heavy (non-hydrogen) atoms. The molecule has 0 fully saturated rings. The van der Waals surface area contributed by atoms with E-state index in [9.17, 15) is 13.2 Å². The van der Waals surface area contributed by atoms with Crippen LogP contribution in [0.3, 0.4) is 0 Å². The van der Waals surface area contributed by atoms with Gasteiger partial charge in [-0.1, -0.05) is 6.07 Å². The standard InChI is InChI=1S/C18H23N3O4S.ClH/c1-12-4-6-15(10-13(12)2)25-17-7-5-14(11-20-17)21-18(22)16(19)8-9-26(3,23)24;/h4-7,10-11,16H,8-9,19H2,1-3H3,(H,21,22);1H. The van der Waals surface area contributed by atoms with Crippen molar-refractivity contribution in [2.75, 3.05) is 17.3 Å². The second-order valence-electron chi connectivity index (χ2n) is 6.25. The lowest BCUT2D eigenvalue weighted by Gasteiger charge is -2.12. The lowest BCUT2D eigenvalue weighted by molar-refractivity contribution is -0.117. The van der Waals surface area contributed by atoms with Gasteiger partial charge in [0.15, 0.2) is 0 Å². The molecule has 0 saturated carbocycles. The summed E-state index contributed by atoms with van der Waals surface area (Å²) in [7, 11) is -3.16. The molecule has 0 aliphatic carbocycles. The fraction of sp³-hybridized carbons (Fsp3) is 0.333. The van der Waals surface area contributed by atoms with Gasteiger partial charge in [0.05, 0.1) is 23.7 Å². The van der Waals surface area contributed by atoms with Gasteiger partial charge in [-0.3, -0.25) is 4.79 Å². The summed E-state index contributed by atoms with van der Waals surface area (Å²) < 4.78 is 27.9. The maximum absolute atomic E-state index is 12.0. The predicted octanol–water partition coefficient (Wildman–Crippen LogP) is 2.61. The minimum atomic E-state index is -3.16. The largest absolute Gasteiger partial charge is 0.439 e. The second kappa shape index (κ2) is 9.68. The van der Waals surface area contributed by atoms with Crippen LogP contribution in [0.1, 0.15) is 17.5 Å². The summed E-state index contributed by atoms with van der Waals surface area (Å²) in [5.41, 5.74) is 8.46. The Bertz CT molecular complexity index is 886. The van der Waals surface area contributed by atoms with E-state index in [1.54, 1.807) is 12.1 Å². The Kier molecular flexibility index (Phi) is 8.20. The first-order valence-corrected chi connectivity index (χ1v) is 10.2. The molecule has 1 aromatic heterocycles. The molecule has 0 radical (unpaired) electrons. The summed E-state index contributed by atoms with van der Waals surface area (Å²) in [5.74, 6) is 0.480. The Balaban J connectivity index is 0.00000364. The maximum Gasteiger partial charge on any atom is 0.241 e. The summed E-state index contributed by atoms with van der Waals surface area (Å²) in [6, 6.07) is 8.12. The molecule has 0 bridgehead atoms. The average molecular weight is 414 g/mol. The molecule has 3 N–H and O–H groups in total. The SMILES string of the molecule is Cc1ccc(Oc2ccc(NC(=O)C(N)CCS(C)(=O)=O)cn2)cc1C.Cl. The molecule has 1 aromatic carbocycles. The van der Waals surface area contributed by atoms with Crippen LogP contribution in [-0.2, 0) is 14.6 Å². The van der Waals surface area contributed by atoms with E-state index in [1.165, 1.54) is 11.8 Å². The molecule has 0 aliphatic heterocycles. The number of nitrogens with two attached hydrogens (primary N) is 1. The maximum atomic E-state index is 12.0. The summed E-state index contributed by atoms with van der Waals surface area (Å²) >= 11 is 0. The van der Waals surface area contributed by atoms with Crippen LogP contribution in [0.5, 0.6) is 11.6 Å². The van der Waals surface area contributed by atoms with Crippen molar-refractivity contribution >= 4 is 33.8 Å². The predicted molar refractivity (Wildman–Crippen MR) is 108 cm³/mol. The molecule has 9 heteroatoms. The molecule has 2 aromatic rings. The van der Waals surface area contributed by atoms with E-state index in [-0.39, 0.29) is 24.6 Å². The topological polar surface area (TPSA) is 111 Å². The molecule has 0 saturated heterocycles. The number of carbonyl (C=O) groups is 1. The molecule has 1 unspecified atom stereocenters. The number of nitrogens with zero attached hydrogens (tertiary/aromatic N) is 1. The highest BCUT2D eigenvalue weighted by Crippen LogP contribution is 2.23. The van der Waals surface area contributed by atoms with Crippen molar-refractivity contribution in [1.82, 2.24) is 4.98 Å². The van der Waals surface area contributed by atoms with Gasteiger partial charge in [-0.2, -0.15) is 0 Å². The summed E-state index contributed by atoms with van der Waals surface area (Å²) in [6.07, 6.45) is 2.62. The molecule has 1 atom stereocenters. The van der Waals surface area contributed by atoms with Crippen LogP contribution in [0.2, 0.25) is 0 Å². The van der Waals surface area contributed by atoms with Gasteiger partial charge >= 0.3 is 0 Å². The molecule has 0 spiro atoms. The molecule has 148 valence electrons. The normalized spacial score (nSPS) is 12.0. The molecular weight excluding hydrogens is 390 g/mol. The zero-order chi connectivity index (χ0) is 19.3. The number of aryl methyl sites for hydroxylation is 2. The number of carbonyl (C=O) groups excluding carboxylic acids is 1. The third-order valence-corrected chi connectivity index (χ3v) is 4.82. The van der Waals surface area contributed by atoms with E-state index in [0.29, 0.717) is 17.3 Å². The summed E-state index contributed by atoms with van der Waals surface area (Å²) in [6.45, 7) is 4.02. The lowest BCUT2D eigenvalue weighted by atomic mass is 10.1. The fourth-order valence-corrected chi connectivity index (χ4v) is 2.80. The number of benzene rings is 1. The monoisotopic (exact) mass is 413 g/mol. The third kappa shape index (κ3) is 7.54. The van der Waals surface area contributed by atoms with Crippen molar-refractivity contribution < 1.29 is 17.9 Å². The van der Waals surface area contributed by atoms with Gasteiger partial charge in [0.25, 0.3) is 0 Å². The Labute approximate surface area is 165 Å². The first-order chi connectivity index (χ1) is 12.1. The first kappa shape index (κ1) is 22.9. The molecular formula is C18H24ClN3O4S. The zero-order valence-corrected chi connectivity index (χ0v) is 17.1. The van der Waals surface area contributed by atoms with E-state index in [2.05, 4.69) is 10.3 Å². The number of aromatic nitrogens is 1. The molecule has 1 heterocycles. The van der Waals surface area contributed by atoms with Crippen LogP contribution < -0.4 is 15.8 Å². The number of hydrogen-bond acceptors (Lipinski definition) is 6. The summed E-state index contributed by atoms with van der Waals surface area (Å²) in [5, 5.41) is 2.61. The number of rotatable bonds is 7. The van der Waals surface area contributed by atoms with E-state index in [4.69, 9.17) is 10.5 Å². The lowest BCUT2D eigenvalue weighted by Crippen LogP contribution is -2.37. The van der Waals surface area contributed by atoms with Crippen LogP contribution in [-0.4, -0.2) is 37.4 Å². The number of hydrogen-bond donors (Lipinski definition) is 2. The zero-order valence-electron chi connectivity index (χ0n) is 15.4. The Morgan fingerprint density at radius 3 is 2.48 bits per heavy atom. The molecule has 2 rings (SSSR count). The van der Waals surface area contributed by atoms with Crippen molar-refractivity contribution in [1.29, 1.82) is 0 Å². The Hall–Kier alpha value is -2.16. The number of ether oxygens (including phenoxy) is 1. The van der Waals surface area contributed by atoms with Gasteiger partial charge in [-0.25, -0.2) is 13.4 Å². The van der Waals surface area contributed by atoms with Crippen molar-refractivity contribution in [3.8, 4) is 11.6 Å². The van der Waals surface area contributed by atoms with E-state index >= 15 is 0 Å². The van der Waals surface area contributed by atoms with Crippen LogP contribution in [0.4, 0.5) is 5.69 Å². The van der Waals surface area contributed by atoms with Gasteiger partial charge in [0.1, 0.15) is 15.6 Å². The van der Waals surface area contributed by atoms with E-state index in [1.807, 2.05) is 32.0 Å². The Morgan fingerprint density at radius 2 is 1.93 bits per heavy atom. The number of pyridine rings is 1. The van der Waals surface area contributed by atoms with Gasteiger partial charge in [-0.15, -0.1) is 12.4 Å². The van der Waals surface area contributed by atoms with Crippen LogP contribution in [0.15, 0.2) is 36.5 Å². The highest BCUT2D eigenvalue weighted by Gasteiger charge is 2.16. The van der Waals surface area contributed by atoms with Gasteiger partial charge in [-0.05, 0) is 49.6 Å². The smallest absolute Gasteiger partial charge is 0.241 e.